The van der Waals surface area contributed by atoms with Crippen molar-refractivity contribution in [2.75, 3.05) is 19.0 Å². The Kier molecular flexibility index (Phi) is 4.71. The summed E-state index contributed by atoms with van der Waals surface area (Å²) in [5, 5.41) is 2.76. The van der Waals surface area contributed by atoms with Crippen molar-refractivity contribution in [3.63, 3.8) is 0 Å². The third kappa shape index (κ3) is 2.92. The molecular weight excluding hydrogens is 342 g/mol. The van der Waals surface area contributed by atoms with Crippen LogP contribution in [-0.4, -0.2) is 30.4 Å². The fraction of sp³-hybridized carbons (Fsp3) is 0.158. The zero-order chi connectivity index (χ0) is 18.8. The first-order chi connectivity index (χ1) is 12.5. The van der Waals surface area contributed by atoms with E-state index in [-0.39, 0.29) is 23.5 Å². The summed E-state index contributed by atoms with van der Waals surface area (Å²) in [6.07, 6.45) is 0. The molecule has 0 aromatic heterocycles. The average Bonchev–Trinajstić information content (AvgIpc) is 2.87. The number of carbonyl (C=O) groups excluding carboxylic acids is 2. The Morgan fingerprint density at radius 3 is 2.42 bits per heavy atom. The number of para-hydroxylation sites is 1. The predicted octanol–water partition coefficient (Wildman–Crippen LogP) is 3.19. The summed E-state index contributed by atoms with van der Waals surface area (Å²) >= 11 is 0. The maximum absolute atomic E-state index is 13.5. The van der Waals surface area contributed by atoms with Gasteiger partial charge in [-0.25, -0.2) is 8.78 Å². The fourth-order valence-corrected chi connectivity index (χ4v) is 2.80. The molecule has 3 rings (SSSR count). The van der Waals surface area contributed by atoms with Gasteiger partial charge in [0.1, 0.15) is 11.4 Å². The van der Waals surface area contributed by atoms with Gasteiger partial charge in [-0.1, -0.05) is 18.2 Å². The molecule has 0 atom stereocenters. The van der Waals surface area contributed by atoms with Crippen LogP contribution in [0, 0.1) is 11.6 Å². The molecule has 1 aliphatic rings. The van der Waals surface area contributed by atoms with E-state index in [4.69, 9.17) is 4.74 Å². The molecule has 2 amide bonds. The standard InChI is InChI=1S/C19H16F2N2O3/c1-3-23-18(24)16(12-6-4-5-7-15(12)26-2)17(19(23)25)22-11-8-9-13(20)14(21)10-11/h4-10,22H,3H2,1-2H3. The minimum atomic E-state index is -1.06. The van der Waals surface area contributed by atoms with Gasteiger partial charge >= 0.3 is 0 Å². The van der Waals surface area contributed by atoms with Crippen LogP contribution >= 0.6 is 0 Å². The molecule has 2 aromatic rings. The molecule has 1 heterocycles. The van der Waals surface area contributed by atoms with Gasteiger partial charge in [-0.3, -0.25) is 14.5 Å². The maximum atomic E-state index is 13.5. The van der Waals surface area contributed by atoms with Crippen LogP contribution in [0.4, 0.5) is 14.5 Å². The first kappa shape index (κ1) is 17.6. The van der Waals surface area contributed by atoms with Crippen LogP contribution in [0.1, 0.15) is 12.5 Å². The molecule has 2 aromatic carbocycles. The first-order valence-corrected chi connectivity index (χ1v) is 7.93. The van der Waals surface area contributed by atoms with Gasteiger partial charge in [0.2, 0.25) is 0 Å². The number of halogens is 2. The van der Waals surface area contributed by atoms with Gasteiger partial charge in [-0.2, -0.15) is 0 Å². The fourth-order valence-electron chi connectivity index (χ4n) is 2.80. The number of nitrogens with zero attached hydrogens (tertiary/aromatic N) is 1. The molecule has 0 bridgehead atoms. The number of hydrogen-bond donors (Lipinski definition) is 1. The number of likely N-dealkylation sites (N-methyl/N-ethyl adjacent to an activating group) is 1. The Labute approximate surface area is 148 Å². The number of rotatable bonds is 5. The third-order valence-electron chi connectivity index (χ3n) is 4.05. The highest BCUT2D eigenvalue weighted by Crippen LogP contribution is 2.35. The zero-order valence-corrected chi connectivity index (χ0v) is 14.2. The number of benzene rings is 2. The molecule has 134 valence electrons. The Morgan fingerprint density at radius 2 is 1.77 bits per heavy atom. The Balaban J connectivity index is 2.14. The lowest BCUT2D eigenvalue weighted by Gasteiger charge is -2.12. The molecule has 7 heteroatoms. The quantitative estimate of drug-likeness (QED) is 0.834. The van der Waals surface area contributed by atoms with Crippen molar-refractivity contribution in [2.24, 2.45) is 0 Å². The molecule has 0 aliphatic carbocycles. The predicted molar refractivity (Wildman–Crippen MR) is 92.3 cm³/mol. The van der Waals surface area contributed by atoms with Crippen molar-refractivity contribution in [2.45, 2.75) is 6.92 Å². The van der Waals surface area contributed by atoms with E-state index in [0.717, 1.165) is 17.0 Å². The van der Waals surface area contributed by atoms with Crippen LogP contribution in [0.3, 0.4) is 0 Å². The monoisotopic (exact) mass is 358 g/mol. The number of carbonyl (C=O) groups is 2. The number of imide groups is 1. The summed E-state index contributed by atoms with van der Waals surface area (Å²) < 4.78 is 31.9. The molecule has 0 saturated heterocycles. The SMILES string of the molecule is CCN1C(=O)C(Nc2ccc(F)c(F)c2)=C(c2ccccc2OC)C1=O. The van der Waals surface area contributed by atoms with Crippen molar-refractivity contribution in [3.05, 3.63) is 65.4 Å². The van der Waals surface area contributed by atoms with Gasteiger partial charge in [0.25, 0.3) is 11.8 Å². The lowest BCUT2D eigenvalue weighted by atomic mass is 10.0. The van der Waals surface area contributed by atoms with Crippen LogP contribution in [0.15, 0.2) is 48.2 Å². The normalized spacial score (nSPS) is 14.2. The number of nitrogens with one attached hydrogen (secondary N) is 1. The van der Waals surface area contributed by atoms with Gasteiger partial charge in [0.15, 0.2) is 11.6 Å². The second kappa shape index (κ2) is 6.95. The van der Waals surface area contributed by atoms with E-state index in [1.165, 1.54) is 13.2 Å². The van der Waals surface area contributed by atoms with Crippen LogP contribution < -0.4 is 10.1 Å². The van der Waals surface area contributed by atoms with Crippen molar-refractivity contribution in [1.82, 2.24) is 4.90 Å². The number of hydrogen-bond acceptors (Lipinski definition) is 4. The Morgan fingerprint density at radius 1 is 1.04 bits per heavy atom. The van der Waals surface area contributed by atoms with E-state index in [1.54, 1.807) is 31.2 Å². The highest BCUT2D eigenvalue weighted by atomic mass is 19.2. The summed E-state index contributed by atoms with van der Waals surface area (Å²) in [5.41, 5.74) is 0.714. The molecule has 5 nitrogen and oxygen atoms in total. The van der Waals surface area contributed by atoms with E-state index in [2.05, 4.69) is 5.32 Å². The van der Waals surface area contributed by atoms with Crippen molar-refractivity contribution >= 4 is 23.1 Å². The number of amides is 2. The maximum Gasteiger partial charge on any atom is 0.278 e. The molecule has 0 unspecified atom stereocenters. The second-order valence-electron chi connectivity index (χ2n) is 5.56. The number of ether oxygens (including phenoxy) is 1. The van der Waals surface area contributed by atoms with E-state index in [0.29, 0.717) is 11.3 Å². The van der Waals surface area contributed by atoms with Crippen molar-refractivity contribution in [1.29, 1.82) is 0 Å². The van der Waals surface area contributed by atoms with Gasteiger partial charge in [0, 0.05) is 23.9 Å². The average molecular weight is 358 g/mol. The van der Waals surface area contributed by atoms with Crippen molar-refractivity contribution < 1.29 is 23.1 Å². The summed E-state index contributed by atoms with van der Waals surface area (Å²) in [4.78, 5) is 26.5. The van der Waals surface area contributed by atoms with E-state index >= 15 is 0 Å². The topological polar surface area (TPSA) is 58.6 Å². The van der Waals surface area contributed by atoms with Crippen LogP contribution in [0.25, 0.3) is 5.57 Å². The highest BCUT2D eigenvalue weighted by Gasteiger charge is 2.39. The van der Waals surface area contributed by atoms with E-state index in [9.17, 15) is 18.4 Å². The molecule has 0 spiro atoms. The van der Waals surface area contributed by atoms with Crippen LogP contribution in [0.5, 0.6) is 5.75 Å². The summed E-state index contributed by atoms with van der Waals surface area (Å²) in [6.45, 7) is 1.86. The highest BCUT2D eigenvalue weighted by molar-refractivity contribution is 6.37. The molecule has 26 heavy (non-hydrogen) atoms. The smallest absolute Gasteiger partial charge is 0.278 e. The Hall–Kier alpha value is -3.22. The molecular formula is C19H16F2N2O3. The Bertz CT molecular complexity index is 925. The van der Waals surface area contributed by atoms with Crippen molar-refractivity contribution in [3.8, 4) is 5.75 Å². The summed E-state index contributed by atoms with van der Waals surface area (Å²) in [5.74, 6) is -2.65. The summed E-state index contributed by atoms with van der Waals surface area (Å²) in [6, 6.07) is 9.94. The van der Waals surface area contributed by atoms with Gasteiger partial charge < -0.3 is 10.1 Å². The van der Waals surface area contributed by atoms with E-state index < -0.39 is 23.4 Å². The largest absolute Gasteiger partial charge is 0.496 e. The number of methoxy groups -OCH3 is 1. The minimum absolute atomic E-state index is 0.00708. The first-order valence-electron chi connectivity index (χ1n) is 7.93. The second-order valence-corrected chi connectivity index (χ2v) is 5.56. The lowest BCUT2D eigenvalue weighted by molar-refractivity contribution is -0.136. The van der Waals surface area contributed by atoms with E-state index in [1.807, 2.05) is 0 Å². The molecule has 0 saturated carbocycles. The molecule has 0 fully saturated rings. The van der Waals surface area contributed by atoms with Crippen LogP contribution in [0.2, 0.25) is 0 Å². The molecule has 1 N–H and O–H groups in total. The number of anilines is 1. The zero-order valence-electron chi connectivity index (χ0n) is 14.2. The minimum Gasteiger partial charge on any atom is -0.496 e. The van der Waals surface area contributed by atoms with Gasteiger partial charge in [-0.15, -0.1) is 0 Å². The summed E-state index contributed by atoms with van der Waals surface area (Å²) in [7, 11) is 1.46. The van der Waals surface area contributed by atoms with Crippen LogP contribution in [-0.2, 0) is 9.59 Å². The van der Waals surface area contributed by atoms with Gasteiger partial charge in [0.05, 0.1) is 12.7 Å². The molecule has 0 radical (unpaired) electrons. The lowest BCUT2D eigenvalue weighted by Crippen LogP contribution is -2.32. The van der Waals surface area contributed by atoms with Gasteiger partial charge in [-0.05, 0) is 25.1 Å². The molecule has 1 aliphatic heterocycles. The third-order valence-corrected chi connectivity index (χ3v) is 4.05.